The number of rotatable bonds is 2. The fourth-order valence-electron chi connectivity index (χ4n) is 0.712. The Morgan fingerprint density at radius 3 is 2.60 bits per heavy atom. The Hall–Kier alpha value is -1.18. The summed E-state index contributed by atoms with van der Waals surface area (Å²) in [7, 11) is 0. The third-order valence-electron chi connectivity index (χ3n) is 1.30. The summed E-state index contributed by atoms with van der Waals surface area (Å²) in [4.78, 5) is 9.91. The average molecular weight is 135 g/mol. The van der Waals surface area contributed by atoms with Crippen LogP contribution in [-0.4, -0.2) is 6.29 Å². The highest BCUT2D eigenvalue weighted by molar-refractivity contribution is 5.47. The average Bonchev–Trinajstić information content (AvgIpc) is 1.95. The van der Waals surface area contributed by atoms with Crippen LogP contribution in [0.3, 0.4) is 0 Å². The summed E-state index contributed by atoms with van der Waals surface area (Å²) in [5, 5.41) is 0. The molecule has 0 atom stereocenters. The molecule has 1 aromatic rings. The van der Waals surface area contributed by atoms with Crippen molar-refractivity contribution in [2.24, 2.45) is 0 Å². The Kier molecular flexibility index (Phi) is 2.15. The molecular formula is C8H9NO+. The van der Waals surface area contributed by atoms with Crippen LogP contribution in [0.25, 0.3) is 0 Å². The van der Waals surface area contributed by atoms with E-state index in [0.717, 1.165) is 0 Å². The van der Waals surface area contributed by atoms with Gasteiger partial charge in [0.1, 0.15) is 0 Å². The van der Waals surface area contributed by atoms with E-state index in [9.17, 15) is 4.79 Å². The van der Waals surface area contributed by atoms with Crippen LogP contribution in [0.1, 0.15) is 5.56 Å². The molecule has 1 rings (SSSR count). The largest absolute Gasteiger partial charge is 0.283 e. The Balaban J connectivity index is 2.78. The first-order valence-corrected chi connectivity index (χ1v) is 3.13. The predicted molar refractivity (Wildman–Crippen MR) is 37.1 cm³/mol. The second-order valence-corrected chi connectivity index (χ2v) is 2.19. The highest BCUT2D eigenvalue weighted by Crippen LogP contribution is 1.88. The number of pyridine rings is 1. The first-order valence-electron chi connectivity index (χ1n) is 3.13. The zero-order chi connectivity index (χ0) is 7.40. The second-order valence-electron chi connectivity index (χ2n) is 2.19. The van der Waals surface area contributed by atoms with E-state index in [4.69, 9.17) is 0 Å². The fourth-order valence-corrected chi connectivity index (χ4v) is 0.712. The molecule has 1 aromatic heterocycles. The van der Waals surface area contributed by atoms with E-state index >= 15 is 0 Å². The van der Waals surface area contributed by atoms with E-state index in [1.165, 1.54) is 5.56 Å². The van der Waals surface area contributed by atoms with Crippen molar-refractivity contribution in [2.75, 3.05) is 0 Å². The van der Waals surface area contributed by atoms with Gasteiger partial charge in [0, 0.05) is 12.1 Å². The van der Waals surface area contributed by atoms with Crippen LogP contribution in [0.5, 0.6) is 0 Å². The molecule has 1 heterocycles. The van der Waals surface area contributed by atoms with Gasteiger partial charge in [-0.2, -0.15) is 4.57 Å². The summed E-state index contributed by atoms with van der Waals surface area (Å²) in [6, 6.07) is 3.91. The maximum atomic E-state index is 9.91. The third-order valence-corrected chi connectivity index (χ3v) is 1.30. The van der Waals surface area contributed by atoms with Gasteiger partial charge in [0.05, 0.1) is 0 Å². The topological polar surface area (TPSA) is 20.9 Å². The van der Waals surface area contributed by atoms with Gasteiger partial charge in [0.2, 0.25) is 6.54 Å². The van der Waals surface area contributed by atoms with E-state index < -0.39 is 0 Å². The SMILES string of the molecule is Cc1cc[n+](C[C]=O)cc1. The van der Waals surface area contributed by atoms with E-state index in [2.05, 4.69) is 0 Å². The molecule has 0 amide bonds. The summed E-state index contributed by atoms with van der Waals surface area (Å²) in [6.07, 6.45) is 5.54. The van der Waals surface area contributed by atoms with Gasteiger partial charge in [0.25, 0.3) is 6.29 Å². The minimum Gasteiger partial charge on any atom is -0.283 e. The Morgan fingerprint density at radius 2 is 2.10 bits per heavy atom. The maximum absolute atomic E-state index is 9.91. The summed E-state index contributed by atoms with van der Waals surface area (Å²) < 4.78 is 1.78. The molecule has 2 heteroatoms. The third kappa shape index (κ3) is 1.65. The molecule has 0 fully saturated rings. The van der Waals surface area contributed by atoms with Gasteiger partial charge >= 0.3 is 0 Å². The lowest BCUT2D eigenvalue weighted by molar-refractivity contribution is -0.681. The minimum atomic E-state index is 0.320. The Labute approximate surface area is 60.1 Å². The van der Waals surface area contributed by atoms with Crippen LogP contribution in [0.15, 0.2) is 24.5 Å². The van der Waals surface area contributed by atoms with E-state index in [1.807, 2.05) is 37.7 Å². The molecule has 0 unspecified atom stereocenters. The van der Waals surface area contributed by atoms with E-state index in [0.29, 0.717) is 6.54 Å². The molecule has 0 aliphatic rings. The summed E-state index contributed by atoms with van der Waals surface area (Å²) >= 11 is 0. The van der Waals surface area contributed by atoms with Crippen molar-refractivity contribution in [2.45, 2.75) is 13.5 Å². The Bertz CT molecular complexity index is 215. The highest BCUT2D eigenvalue weighted by Gasteiger charge is 1.95. The number of hydrogen-bond donors (Lipinski definition) is 0. The number of aromatic nitrogens is 1. The van der Waals surface area contributed by atoms with Crippen molar-refractivity contribution in [3.8, 4) is 0 Å². The zero-order valence-electron chi connectivity index (χ0n) is 5.87. The molecule has 0 saturated carbocycles. The van der Waals surface area contributed by atoms with Crippen LogP contribution in [0.4, 0.5) is 0 Å². The van der Waals surface area contributed by atoms with Gasteiger partial charge < -0.3 is 0 Å². The van der Waals surface area contributed by atoms with Crippen molar-refractivity contribution in [1.82, 2.24) is 0 Å². The molecule has 0 aliphatic heterocycles. The molecule has 51 valence electrons. The van der Waals surface area contributed by atoms with Crippen LogP contribution >= 0.6 is 0 Å². The van der Waals surface area contributed by atoms with Gasteiger partial charge in [-0.1, -0.05) is 0 Å². The van der Waals surface area contributed by atoms with Gasteiger partial charge in [-0.15, -0.1) is 0 Å². The summed E-state index contributed by atoms with van der Waals surface area (Å²) in [6.45, 7) is 2.33. The quantitative estimate of drug-likeness (QED) is 0.537. The first kappa shape index (κ1) is 6.93. The monoisotopic (exact) mass is 135 g/mol. The van der Waals surface area contributed by atoms with Gasteiger partial charge in [-0.05, 0) is 12.5 Å². The highest BCUT2D eigenvalue weighted by atomic mass is 16.1. The minimum absolute atomic E-state index is 0.320. The van der Waals surface area contributed by atoms with E-state index in [-0.39, 0.29) is 0 Å². The lowest BCUT2D eigenvalue weighted by atomic mass is 10.3. The molecule has 0 saturated heterocycles. The van der Waals surface area contributed by atoms with E-state index in [1.54, 1.807) is 4.57 Å². The fraction of sp³-hybridized carbons (Fsp3) is 0.250. The maximum Gasteiger partial charge on any atom is 0.269 e. The Morgan fingerprint density at radius 1 is 1.50 bits per heavy atom. The smallest absolute Gasteiger partial charge is 0.269 e. The van der Waals surface area contributed by atoms with Crippen LogP contribution in [-0.2, 0) is 11.3 Å². The molecular weight excluding hydrogens is 126 g/mol. The molecule has 1 radical (unpaired) electrons. The normalized spacial score (nSPS) is 9.30. The van der Waals surface area contributed by atoms with Crippen LogP contribution < -0.4 is 4.57 Å². The number of carbonyl (C=O) groups excluding carboxylic acids is 1. The van der Waals surface area contributed by atoms with Crippen molar-refractivity contribution in [1.29, 1.82) is 0 Å². The summed E-state index contributed by atoms with van der Waals surface area (Å²) in [5.74, 6) is 0. The van der Waals surface area contributed by atoms with Crippen LogP contribution in [0, 0.1) is 6.92 Å². The first-order chi connectivity index (χ1) is 4.83. The second kappa shape index (κ2) is 3.11. The molecule has 0 N–H and O–H groups in total. The molecule has 2 nitrogen and oxygen atoms in total. The zero-order valence-corrected chi connectivity index (χ0v) is 5.87. The summed E-state index contributed by atoms with van der Waals surface area (Å²) in [5.41, 5.74) is 1.20. The van der Waals surface area contributed by atoms with Gasteiger partial charge in [-0.3, -0.25) is 4.79 Å². The van der Waals surface area contributed by atoms with Gasteiger partial charge in [0.15, 0.2) is 12.4 Å². The van der Waals surface area contributed by atoms with Crippen molar-refractivity contribution in [3.05, 3.63) is 30.1 Å². The van der Waals surface area contributed by atoms with Crippen molar-refractivity contribution < 1.29 is 9.36 Å². The number of aryl methyl sites for hydroxylation is 1. The number of nitrogens with zero attached hydrogens (tertiary/aromatic N) is 1. The molecule has 0 bridgehead atoms. The lowest BCUT2D eigenvalue weighted by Crippen LogP contribution is -2.33. The van der Waals surface area contributed by atoms with Crippen LogP contribution in [0.2, 0.25) is 0 Å². The van der Waals surface area contributed by atoms with Gasteiger partial charge in [-0.25, -0.2) is 0 Å². The number of hydrogen-bond acceptors (Lipinski definition) is 1. The molecule has 0 aromatic carbocycles. The molecule has 0 spiro atoms. The predicted octanol–water partition coefficient (Wildman–Crippen LogP) is 0.392. The van der Waals surface area contributed by atoms with Crippen molar-refractivity contribution >= 4 is 6.29 Å². The standard InChI is InChI=1S/C8H9NO/c1-8-2-4-9(5-3-8)6-7-10/h2-5H,6H2,1H3/q+1. The molecule has 10 heavy (non-hydrogen) atoms. The molecule has 0 aliphatic carbocycles. The lowest BCUT2D eigenvalue weighted by Gasteiger charge is -1.88. The van der Waals surface area contributed by atoms with Crippen molar-refractivity contribution in [3.63, 3.8) is 0 Å².